The van der Waals surface area contributed by atoms with Gasteiger partial charge in [-0.2, -0.15) is 0 Å². The van der Waals surface area contributed by atoms with E-state index in [9.17, 15) is 24.7 Å². The van der Waals surface area contributed by atoms with Gasteiger partial charge in [-0.3, -0.25) is 0 Å². The van der Waals surface area contributed by atoms with E-state index in [1.807, 2.05) is 0 Å². The van der Waals surface area contributed by atoms with Crippen LogP contribution in [0.3, 0.4) is 0 Å². The van der Waals surface area contributed by atoms with Crippen LogP contribution in [0.15, 0.2) is 236 Å². The molecule has 0 amide bonds. The van der Waals surface area contributed by atoms with E-state index in [0.717, 1.165) is 15.2 Å². The molecule has 0 saturated carbocycles. The van der Waals surface area contributed by atoms with Crippen molar-refractivity contribution in [3.05, 3.63) is 236 Å². The highest BCUT2D eigenvalue weighted by molar-refractivity contribution is 6.14. The summed E-state index contributed by atoms with van der Waals surface area (Å²) >= 11 is 0. The van der Waals surface area contributed by atoms with Gasteiger partial charge >= 0.3 is 0 Å². The molecule has 0 fully saturated rings. The largest absolute Gasteiger partial charge is 0.309 e. The first-order valence-corrected chi connectivity index (χ1v) is 18.6. The Morgan fingerprint density at radius 1 is 0.222 bits per heavy atom. The molecule has 0 bridgehead atoms. The van der Waals surface area contributed by atoms with E-state index in [1.54, 1.807) is 0 Å². The molecule has 0 aliphatic rings. The highest BCUT2D eigenvalue weighted by Gasteiger charge is 2.19. The number of fused-ring (bicyclic) bond motifs is 9. The van der Waals surface area contributed by atoms with Gasteiger partial charge in [0.2, 0.25) is 0 Å². The van der Waals surface area contributed by atoms with Gasteiger partial charge in [-0.25, -0.2) is 0 Å². The molecule has 0 aliphatic carbocycles. The van der Waals surface area contributed by atoms with Crippen molar-refractivity contribution in [2.75, 3.05) is 0 Å². The van der Waals surface area contributed by atoms with Crippen LogP contribution in [-0.4, -0.2) is 13.7 Å². The lowest BCUT2D eigenvalue weighted by Gasteiger charge is -2.15. The van der Waals surface area contributed by atoms with E-state index in [4.69, 9.17) is 27.4 Å². The van der Waals surface area contributed by atoms with Crippen LogP contribution in [0, 0.1) is 0 Å². The van der Waals surface area contributed by atoms with Crippen LogP contribution in [0.1, 0.15) is 52.1 Å². The van der Waals surface area contributed by atoms with Gasteiger partial charge in [-0.1, -0.05) is 157 Å². The second-order valence-electron chi connectivity index (χ2n) is 13.6. The van der Waals surface area contributed by atoms with Gasteiger partial charge in [0.1, 0.15) is 0 Å². The van der Waals surface area contributed by atoms with Crippen molar-refractivity contribution in [3.8, 4) is 50.4 Å². The zero-order chi connectivity index (χ0) is 74.5. The predicted molar refractivity (Wildman–Crippen MR) is 266 cm³/mol. The molecule has 0 N–H and O–H groups in total. The molecule has 0 atom stereocenters. The van der Waals surface area contributed by atoms with Crippen molar-refractivity contribution in [1.82, 2.24) is 13.7 Å². The Bertz CT molecular complexity index is 6040. The summed E-state index contributed by atoms with van der Waals surface area (Å²) in [5, 5.41) is -3.87. The van der Waals surface area contributed by atoms with Crippen LogP contribution in [0.5, 0.6) is 0 Å². The molecule has 0 saturated heterocycles. The molecule has 13 aromatic rings. The lowest BCUT2D eigenvalue weighted by molar-refractivity contribution is 1.15. The standard InChI is InChI=1S/C60H39N3/c1-3-16-40(17-4-1)42-20-15-21-43(34-42)45-35-44(41-18-5-2-6-19-41)36-48(37-45)63-57-28-13-9-24-51(57)53-32-30-47(39-60(53)63)62-58-29-14-10-25-52(58)54-38-46(31-33-59(54)62)61-55-26-11-7-22-49(55)50-23-8-12-27-56(50)61/h1-39H/i1D,2D,3D,4D,5D,6D,7D,8D,9D,10D,11D,12D,13D,14D,15D,16D,17D,18D,19D,20D,21D,22D,23D,24D,25D,26D,27D,28D,30D,31D,32D,33D,34D,35D,36D,37D,38D,39D. The van der Waals surface area contributed by atoms with E-state index in [0.29, 0.717) is 4.57 Å². The predicted octanol–water partition coefficient (Wildman–Crippen LogP) is 16.0. The molecular weight excluding hydrogens is 763 g/mol. The normalized spacial score (nSPS) is 20.3. The Labute approximate surface area is 418 Å². The van der Waals surface area contributed by atoms with Crippen molar-refractivity contribution >= 4 is 65.4 Å². The molecule has 0 unspecified atom stereocenters. The van der Waals surface area contributed by atoms with Crippen molar-refractivity contribution < 1.29 is 52.1 Å². The van der Waals surface area contributed by atoms with E-state index in [2.05, 4.69) is 0 Å². The van der Waals surface area contributed by atoms with Crippen LogP contribution in [0.25, 0.3) is 116 Å². The van der Waals surface area contributed by atoms with Crippen molar-refractivity contribution in [2.24, 2.45) is 0 Å². The van der Waals surface area contributed by atoms with Crippen molar-refractivity contribution in [3.63, 3.8) is 0 Å². The third-order valence-electron chi connectivity index (χ3n) is 10.2. The summed E-state index contributed by atoms with van der Waals surface area (Å²) in [7, 11) is 0. The molecule has 3 nitrogen and oxygen atoms in total. The summed E-state index contributed by atoms with van der Waals surface area (Å²) in [5.41, 5.74) is -13.7. The molecule has 294 valence electrons. The molecule has 0 spiro atoms. The van der Waals surface area contributed by atoms with Gasteiger partial charge in [0.25, 0.3) is 0 Å². The van der Waals surface area contributed by atoms with Gasteiger partial charge in [0.05, 0.1) is 85.2 Å². The summed E-state index contributed by atoms with van der Waals surface area (Å²) in [5.74, 6) is 0. The SMILES string of the molecule is [2H]c1cc2c(c([2H])c1[2H])c1c([2H])c(-n3c4c([2H])c([2H])c([2H])c([2H])c4c4c([2H])c([2H])c([2H])c([2H])c43)c([2H])c([2H])c1n2-c1c([2H])c([2H])c2c3c([2H])c([2H])c([2H])c([2H])c3n(-c3c([2H])c(-c4c([2H])c([2H])c([2H])c([2H])c4[2H])c([2H])c(-c4c([2H])c([2H])c([2H])c(-c5c([2H])c([2H])c([2H])c([2H])c5[2H])c4[2H])c3[2H])c2c1[2H]. The number of hydrogen-bond donors (Lipinski definition) is 0. The van der Waals surface area contributed by atoms with Crippen LogP contribution < -0.4 is 0 Å². The number of para-hydroxylation sites is 4. The maximum absolute atomic E-state index is 10.5. The molecular formula is C60H39N3. The average Bonchev–Trinajstić information content (AvgIpc) is 1.55. The number of aromatic nitrogens is 3. The maximum atomic E-state index is 10.5. The highest BCUT2D eigenvalue weighted by Crippen LogP contribution is 2.41. The summed E-state index contributed by atoms with van der Waals surface area (Å²) in [6, 6.07) is -38.8. The van der Waals surface area contributed by atoms with Crippen LogP contribution in [-0.2, 0) is 0 Å². The Hall–Kier alpha value is -8.40. The zero-order valence-electron chi connectivity index (χ0n) is 69.4. The Morgan fingerprint density at radius 2 is 0.635 bits per heavy atom. The lowest BCUT2D eigenvalue weighted by Crippen LogP contribution is -1.98. The molecule has 0 radical (unpaired) electrons. The quantitative estimate of drug-likeness (QED) is 0.158. The summed E-state index contributed by atoms with van der Waals surface area (Å²) < 4.78 is 353. The van der Waals surface area contributed by atoms with E-state index in [-0.39, 0.29) is 0 Å². The number of rotatable bonds is 6. The molecule has 63 heavy (non-hydrogen) atoms. The van der Waals surface area contributed by atoms with E-state index < -0.39 is 345 Å². The summed E-state index contributed by atoms with van der Waals surface area (Å²) in [6.45, 7) is 0. The first-order valence-electron chi connectivity index (χ1n) is 37.6. The monoisotopic (exact) mass is 840 g/mol. The van der Waals surface area contributed by atoms with Gasteiger partial charge in [0, 0.05) is 49.4 Å². The number of benzene rings is 10. The fourth-order valence-electron chi connectivity index (χ4n) is 7.55. The molecule has 3 heteroatoms. The second-order valence-corrected chi connectivity index (χ2v) is 13.6. The Balaban J connectivity index is 1.27. The highest BCUT2D eigenvalue weighted by atomic mass is 15.0. The van der Waals surface area contributed by atoms with Crippen LogP contribution in [0.4, 0.5) is 0 Å². The van der Waals surface area contributed by atoms with Crippen LogP contribution in [0.2, 0.25) is 0 Å². The average molecular weight is 840 g/mol. The minimum absolute atomic E-state index is 0.521. The molecule has 0 aliphatic heterocycles. The molecule has 3 heterocycles. The zero-order valence-corrected chi connectivity index (χ0v) is 31.4. The summed E-state index contributed by atoms with van der Waals surface area (Å²) in [6.07, 6.45) is 0. The summed E-state index contributed by atoms with van der Waals surface area (Å²) in [4.78, 5) is 0. The van der Waals surface area contributed by atoms with Gasteiger partial charge in [-0.15, -0.1) is 0 Å². The molecule has 13 rings (SSSR count). The van der Waals surface area contributed by atoms with E-state index >= 15 is 0 Å². The number of nitrogens with zero attached hydrogens (tertiary/aromatic N) is 3. The first-order chi connectivity index (χ1) is 47.1. The van der Waals surface area contributed by atoms with Gasteiger partial charge in [0.15, 0.2) is 0 Å². The lowest BCUT2D eigenvalue weighted by atomic mass is 9.95. The van der Waals surface area contributed by atoms with Gasteiger partial charge in [-0.05, 0) is 112 Å². The third kappa shape index (κ3) is 5.60. The van der Waals surface area contributed by atoms with E-state index in [1.165, 1.54) is 0 Å². The fourth-order valence-corrected chi connectivity index (χ4v) is 7.55. The van der Waals surface area contributed by atoms with Crippen molar-refractivity contribution in [2.45, 2.75) is 0 Å². The number of hydrogen-bond acceptors (Lipinski definition) is 0. The maximum Gasteiger partial charge on any atom is 0.0667 e. The fraction of sp³-hybridized carbons (Fsp3) is 0. The second kappa shape index (κ2) is 14.1. The van der Waals surface area contributed by atoms with Gasteiger partial charge < -0.3 is 13.7 Å². The smallest absolute Gasteiger partial charge is 0.0667 e. The minimum Gasteiger partial charge on any atom is -0.309 e. The topological polar surface area (TPSA) is 14.8 Å². The Morgan fingerprint density at radius 3 is 1.29 bits per heavy atom. The molecule has 10 aromatic carbocycles. The van der Waals surface area contributed by atoms with Crippen LogP contribution >= 0.6 is 0 Å². The first kappa shape index (κ1) is 14.3. The van der Waals surface area contributed by atoms with Crippen molar-refractivity contribution in [1.29, 1.82) is 0 Å². The minimum atomic E-state index is -1.33. The third-order valence-corrected chi connectivity index (χ3v) is 10.2. The molecule has 3 aromatic heterocycles. The Kier molecular flexibility index (Phi) is 3.21.